The number of fused-ring (bicyclic) bond motifs is 1. The van der Waals surface area contributed by atoms with Crippen molar-refractivity contribution in [3.63, 3.8) is 0 Å². The molecule has 0 N–H and O–H groups in total. The molecule has 19 heavy (non-hydrogen) atoms. The Bertz CT molecular complexity index is 709. The molecular weight excluding hydrogens is 238 g/mol. The van der Waals surface area contributed by atoms with Crippen LogP contribution in [0.1, 0.15) is 5.76 Å². The van der Waals surface area contributed by atoms with Crippen molar-refractivity contribution in [2.45, 2.75) is 6.54 Å². The fourth-order valence-corrected chi connectivity index (χ4v) is 2.26. The van der Waals surface area contributed by atoms with Crippen molar-refractivity contribution in [3.8, 4) is 11.6 Å². The highest BCUT2D eigenvalue weighted by Gasteiger charge is 2.13. The average molecular weight is 255 g/mol. The molecule has 1 aromatic carbocycles. The number of furan rings is 1. The van der Waals surface area contributed by atoms with Crippen molar-refractivity contribution in [3.05, 3.63) is 42.2 Å². The smallest absolute Gasteiger partial charge is 0.176 e. The third-order valence-corrected chi connectivity index (χ3v) is 3.14. The van der Waals surface area contributed by atoms with Crippen molar-refractivity contribution < 1.29 is 4.42 Å². The number of hydrogen-bond acceptors (Lipinski definition) is 3. The molecule has 0 saturated carbocycles. The lowest BCUT2D eigenvalue weighted by atomic mass is 10.3. The van der Waals surface area contributed by atoms with Crippen LogP contribution in [0.4, 0.5) is 0 Å². The first-order valence-corrected chi connectivity index (χ1v) is 6.30. The van der Waals surface area contributed by atoms with E-state index in [0.717, 1.165) is 34.9 Å². The minimum absolute atomic E-state index is 0.796. The number of aromatic nitrogens is 2. The van der Waals surface area contributed by atoms with Gasteiger partial charge in [-0.1, -0.05) is 12.1 Å². The number of aryl methyl sites for hydroxylation is 1. The molecule has 0 radical (unpaired) electrons. The van der Waals surface area contributed by atoms with Crippen LogP contribution < -0.4 is 0 Å². The first kappa shape index (κ1) is 12.0. The van der Waals surface area contributed by atoms with E-state index in [2.05, 4.69) is 20.5 Å². The molecule has 3 aromatic rings. The summed E-state index contributed by atoms with van der Waals surface area (Å²) in [5.74, 6) is 2.63. The van der Waals surface area contributed by atoms with Crippen molar-refractivity contribution in [2.75, 3.05) is 14.1 Å². The van der Waals surface area contributed by atoms with Gasteiger partial charge in [0.2, 0.25) is 0 Å². The van der Waals surface area contributed by atoms with Gasteiger partial charge in [-0.05, 0) is 38.4 Å². The Morgan fingerprint density at radius 3 is 2.68 bits per heavy atom. The van der Waals surface area contributed by atoms with E-state index in [4.69, 9.17) is 4.42 Å². The Balaban J connectivity index is 2.04. The molecule has 4 heteroatoms. The second-order valence-corrected chi connectivity index (χ2v) is 4.99. The zero-order chi connectivity index (χ0) is 13.4. The van der Waals surface area contributed by atoms with Crippen LogP contribution >= 0.6 is 0 Å². The number of imidazole rings is 1. The van der Waals surface area contributed by atoms with Gasteiger partial charge in [-0.2, -0.15) is 0 Å². The van der Waals surface area contributed by atoms with E-state index >= 15 is 0 Å². The van der Waals surface area contributed by atoms with Crippen molar-refractivity contribution in [1.29, 1.82) is 0 Å². The molecule has 3 rings (SSSR count). The van der Waals surface area contributed by atoms with Crippen LogP contribution in [0.2, 0.25) is 0 Å². The standard InChI is InChI=1S/C15H17N3O/c1-17(2)10-11-8-9-14(19-11)15-16-12-6-4-5-7-13(12)18(15)3/h4-9H,10H2,1-3H3. The maximum atomic E-state index is 5.87. The third-order valence-electron chi connectivity index (χ3n) is 3.14. The molecule has 0 aliphatic carbocycles. The van der Waals surface area contributed by atoms with Gasteiger partial charge in [0.25, 0.3) is 0 Å². The number of benzene rings is 1. The zero-order valence-corrected chi connectivity index (χ0v) is 11.4. The first-order valence-electron chi connectivity index (χ1n) is 6.30. The summed E-state index contributed by atoms with van der Waals surface area (Å²) < 4.78 is 7.93. The highest BCUT2D eigenvalue weighted by atomic mass is 16.3. The van der Waals surface area contributed by atoms with E-state index in [9.17, 15) is 0 Å². The fraction of sp³-hybridized carbons (Fsp3) is 0.267. The maximum absolute atomic E-state index is 5.87. The van der Waals surface area contributed by atoms with E-state index in [1.54, 1.807) is 0 Å². The van der Waals surface area contributed by atoms with Gasteiger partial charge in [-0.25, -0.2) is 4.98 Å². The molecule has 0 unspecified atom stereocenters. The number of nitrogens with zero attached hydrogens (tertiary/aromatic N) is 3. The summed E-state index contributed by atoms with van der Waals surface area (Å²) in [4.78, 5) is 6.71. The van der Waals surface area contributed by atoms with Gasteiger partial charge in [0, 0.05) is 7.05 Å². The predicted molar refractivity (Wildman–Crippen MR) is 75.8 cm³/mol. The molecule has 0 atom stereocenters. The van der Waals surface area contributed by atoms with Crippen LogP contribution in [0.15, 0.2) is 40.8 Å². The van der Waals surface area contributed by atoms with E-state index in [0.29, 0.717) is 0 Å². The third kappa shape index (κ3) is 2.15. The maximum Gasteiger partial charge on any atom is 0.176 e. The summed E-state index contributed by atoms with van der Waals surface area (Å²) >= 11 is 0. The quantitative estimate of drug-likeness (QED) is 0.721. The Morgan fingerprint density at radius 2 is 1.95 bits per heavy atom. The van der Waals surface area contributed by atoms with Crippen molar-refractivity contribution in [1.82, 2.24) is 14.5 Å². The number of rotatable bonds is 3. The number of hydrogen-bond donors (Lipinski definition) is 0. The summed E-state index contributed by atoms with van der Waals surface area (Å²) in [7, 11) is 6.06. The average Bonchev–Trinajstić information content (AvgIpc) is 2.94. The monoisotopic (exact) mass is 255 g/mol. The zero-order valence-electron chi connectivity index (χ0n) is 11.4. The van der Waals surface area contributed by atoms with Crippen LogP contribution in [0, 0.1) is 0 Å². The minimum atomic E-state index is 0.796. The molecule has 98 valence electrons. The van der Waals surface area contributed by atoms with E-state index in [1.807, 2.05) is 51.5 Å². The molecule has 0 amide bonds. The second-order valence-electron chi connectivity index (χ2n) is 4.99. The van der Waals surface area contributed by atoms with Gasteiger partial charge in [0.15, 0.2) is 11.6 Å². The van der Waals surface area contributed by atoms with Gasteiger partial charge in [0.1, 0.15) is 5.76 Å². The van der Waals surface area contributed by atoms with Crippen molar-refractivity contribution in [2.24, 2.45) is 7.05 Å². The first-order chi connectivity index (χ1) is 9.15. The second kappa shape index (κ2) is 4.55. The van der Waals surface area contributed by atoms with E-state index in [1.165, 1.54) is 0 Å². The predicted octanol–water partition coefficient (Wildman–Crippen LogP) is 2.89. The van der Waals surface area contributed by atoms with Gasteiger partial charge < -0.3 is 13.9 Å². The Labute approximate surface area is 112 Å². The summed E-state index contributed by atoms with van der Waals surface area (Å²) in [5, 5.41) is 0. The summed E-state index contributed by atoms with van der Waals surface area (Å²) in [6.45, 7) is 0.796. The van der Waals surface area contributed by atoms with Gasteiger partial charge in [-0.3, -0.25) is 0 Å². The molecule has 4 nitrogen and oxygen atoms in total. The Kier molecular flexibility index (Phi) is 2.87. The van der Waals surface area contributed by atoms with Crippen LogP contribution in [-0.4, -0.2) is 28.5 Å². The Morgan fingerprint density at radius 1 is 1.16 bits per heavy atom. The van der Waals surface area contributed by atoms with Gasteiger partial charge in [-0.15, -0.1) is 0 Å². The normalized spacial score (nSPS) is 11.6. The highest BCUT2D eigenvalue weighted by Crippen LogP contribution is 2.25. The molecule has 0 aliphatic rings. The fourth-order valence-electron chi connectivity index (χ4n) is 2.26. The minimum Gasteiger partial charge on any atom is -0.456 e. The van der Waals surface area contributed by atoms with Gasteiger partial charge in [0.05, 0.1) is 17.6 Å². The van der Waals surface area contributed by atoms with Crippen LogP contribution in [0.25, 0.3) is 22.6 Å². The van der Waals surface area contributed by atoms with Gasteiger partial charge >= 0.3 is 0 Å². The number of para-hydroxylation sites is 2. The topological polar surface area (TPSA) is 34.2 Å². The SMILES string of the molecule is CN(C)Cc1ccc(-c2nc3ccccc3n2C)o1. The Hall–Kier alpha value is -2.07. The lowest BCUT2D eigenvalue weighted by Gasteiger charge is -2.05. The molecular formula is C15H17N3O. The summed E-state index contributed by atoms with van der Waals surface area (Å²) in [6.07, 6.45) is 0. The highest BCUT2D eigenvalue weighted by molar-refractivity contribution is 5.79. The molecule has 0 spiro atoms. The molecule has 0 aliphatic heterocycles. The summed E-state index contributed by atoms with van der Waals surface area (Å²) in [6, 6.07) is 12.1. The van der Waals surface area contributed by atoms with E-state index in [-0.39, 0.29) is 0 Å². The molecule has 0 saturated heterocycles. The van der Waals surface area contributed by atoms with Crippen LogP contribution in [-0.2, 0) is 13.6 Å². The van der Waals surface area contributed by atoms with Crippen LogP contribution in [0.5, 0.6) is 0 Å². The van der Waals surface area contributed by atoms with E-state index < -0.39 is 0 Å². The largest absolute Gasteiger partial charge is 0.456 e. The van der Waals surface area contributed by atoms with Crippen LogP contribution in [0.3, 0.4) is 0 Å². The molecule has 0 fully saturated rings. The lowest BCUT2D eigenvalue weighted by Crippen LogP contribution is -2.09. The molecule has 2 aromatic heterocycles. The lowest BCUT2D eigenvalue weighted by molar-refractivity contribution is 0.353. The molecule has 2 heterocycles. The summed E-state index contributed by atoms with van der Waals surface area (Å²) in [5.41, 5.74) is 2.11. The van der Waals surface area contributed by atoms with Crippen molar-refractivity contribution >= 4 is 11.0 Å². The molecule has 0 bridgehead atoms.